The monoisotopic (exact) mass is 327 g/mol. The van der Waals surface area contributed by atoms with Gasteiger partial charge in [-0.25, -0.2) is 0 Å². The van der Waals surface area contributed by atoms with Gasteiger partial charge in [0.1, 0.15) is 5.75 Å². The summed E-state index contributed by atoms with van der Waals surface area (Å²) < 4.78 is 5.57. The minimum Gasteiger partial charge on any atom is -0.493 e. The molecule has 0 fully saturated rings. The molecule has 0 radical (unpaired) electrons. The fourth-order valence-electron chi connectivity index (χ4n) is 1.85. The number of rotatable bonds is 6. The van der Waals surface area contributed by atoms with Gasteiger partial charge >= 0.3 is 11.8 Å². The summed E-state index contributed by atoms with van der Waals surface area (Å²) in [5, 5.41) is 5.11. The first kappa shape index (κ1) is 17.5. The second kappa shape index (κ2) is 8.67. The van der Waals surface area contributed by atoms with Crippen LogP contribution in [0.25, 0.3) is 0 Å². The van der Waals surface area contributed by atoms with Crippen LogP contribution in [0.15, 0.2) is 48.8 Å². The molecular formula is C18H21N3O3. The molecule has 0 aliphatic rings. The number of nitrogens with one attached hydrogen (secondary N) is 2. The SMILES string of the molecule is CC(C)COc1ccc(NC(=O)C(=O)NCc2ccncc2)cc1. The molecule has 0 unspecified atom stereocenters. The van der Waals surface area contributed by atoms with Crippen molar-refractivity contribution in [1.29, 1.82) is 0 Å². The van der Waals surface area contributed by atoms with Gasteiger partial charge in [-0.05, 0) is 47.9 Å². The molecule has 126 valence electrons. The van der Waals surface area contributed by atoms with Crippen molar-refractivity contribution in [2.45, 2.75) is 20.4 Å². The highest BCUT2D eigenvalue weighted by molar-refractivity contribution is 6.39. The Bertz CT molecular complexity index is 670. The Morgan fingerprint density at radius 3 is 2.33 bits per heavy atom. The standard InChI is InChI=1S/C18H21N3O3/c1-13(2)12-24-16-5-3-15(4-6-16)21-18(23)17(22)20-11-14-7-9-19-10-8-14/h3-10,13H,11-12H2,1-2H3,(H,20,22)(H,21,23). The van der Waals surface area contributed by atoms with Crippen molar-refractivity contribution in [2.75, 3.05) is 11.9 Å². The molecule has 0 atom stereocenters. The summed E-state index contributed by atoms with van der Waals surface area (Å²) in [5.41, 5.74) is 1.41. The summed E-state index contributed by atoms with van der Waals surface area (Å²) in [6, 6.07) is 10.5. The lowest BCUT2D eigenvalue weighted by molar-refractivity contribution is -0.136. The zero-order valence-corrected chi connectivity index (χ0v) is 13.8. The van der Waals surface area contributed by atoms with E-state index in [0.717, 1.165) is 11.3 Å². The quantitative estimate of drug-likeness (QED) is 0.798. The molecule has 6 nitrogen and oxygen atoms in total. The number of carbonyl (C=O) groups excluding carboxylic acids is 2. The molecule has 2 aromatic rings. The maximum atomic E-state index is 11.9. The Hall–Kier alpha value is -2.89. The normalized spacial score (nSPS) is 10.3. The van der Waals surface area contributed by atoms with Gasteiger partial charge in [0.2, 0.25) is 0 Å². The molecule has 0 spiro atoms. The Morgan fingerprint density at radius 1 is 1.04 bits per heavy atom. The molecule has 0 aliphatic heterocycles. The zero-order valence-electron chi connectivity index (χ0n) is 13.8. The smallest absolute Gasteiger partial charge is 0.313 e. The average Bonchev–Trinajstić information content (AvgIpc) is 2.59. The van der Waals surface area contributed by atoms with Crippen LogP contribution >= 0.6 is 0 Å². The van der Waals surface area contributed by atoms with Gasteiger partial charge in [0.15, 0.2) is 0 Å². The number of aromatic nitrogens is 1. The lowest BCUT2D eigenvalue weighted by Crippen LogP contribution is -2.34. The first-order valence-electron chi connectivity index (χ1n) is 7.75. The third kappa shape index (κ3) is 5.72. The minimum atomic E-state index is -0.708. The number of carbonyl (C=O) groups is 2. The van der Waals surface area contributed by atoms with E-state index in [-0.39, 0.29) is 6.54 Å². The van der Waals surface area contributed by atoms with Crippen molar-refractivity contribution in [3.8, 4) is 5.75 Å². The largest absolute Gasteiger partial charge is 0.493 e. The summed E-state index contributed by atoms with van der Waals surface area (Å²) in [6.45, 7) is 5.04. The van der Waals surface area contributed by atoms with Crippen molar-refractivity contribution in [3.63, 3.8) is 0 Å². The number of ether oxygens (including phenoxy) is 1. The van der Waals surface area contributed by atoms with Gasteiger partial charge in [0, 0.05) is 24.6 Å². The molecule has 2 amide bonds. The predicted molar refractivity (Wildman–Crippen MR) is 91.5 cm³/mol. The van der Waals surface area contributed by atoms with Crippen LogP contribution in [0.4, 0.5) is 5.69 Å². The minimum absolute atomic E-state index is 0.275. The van der Waals surface area contributed by atoms with E-state index in [1.54, 1.807) is 48.8 Å². The topological polar surface area (TPSA) is 80.3 Å². The molecule has 2 rings (SSSR count). The summed E-state index contributed by atoms with van der Waals surface area (Å²) in [7, 11) is 0. The van der Waals surface area contributed by atoms with Crippen molar-refractivity contribution in [2.24, 2.45) is 5.92 Å². The molecule has 0 aliphatic carbocycles. The Balaban J connectivity index is 1.81. The van der Waals surface area contributed by atoms with Gasteiger partial charge in [0.05, 0.1) is 6.61 Å². The van der Waals surface area contributed by atoms with E-state index < -0.39 is 11.8 Å². The second-order valence-corrected chi connectivity index (χ2v) is 5.72. The highest BCUT2D eigenvalue weighted by atomic mass is 16.5. The first-order valence-corrected chi connectivity index (χ1v) is 7.75. The van der Waals surface area contributed by atoms with Crippen LogP contribution in [0.3, 0.4) is 0 Å². The molecule has 6 heteroatoms. The lowest BCUT2D eigenvalue weighted by Gasteiger charge is -2.10. The third-order valence-corrected chi connectivity index (χ3v) is 3.10. The fraction of sp³-hybridized carbons (Fsp3) is 0.278. The number of hydrogen-bond donors (Lipinski definition) is 2. The molecular weight excluding hydrogens is 306 g/mol. The number of amides is 2. The Morgan fingerprint density at radius 2 is 1.71 bits per heavy atom. The van der Waals surface area contributed by atoms with Crippen LogP contribution in [0.5, 0.6) is 5.75 Å². The lowest BCUT2D eigenvalue weighted by atomic mass is 10.2. The molecule has 1 heterocycles. The van der Waals surface area contributed by atoms with Gasteiger partial charge in [-0.15, -0.1) is 0 Å². The van der Waals surface area contributed by atoms with Crippen molar-refractivity contribution >= 4 is 17.5 Å². The number of pyridine rings is 1. The summed E-state index contributed by atoms with van der Waals surface area (Å²) in [4.78, 5) is 27.6. The Labute approximate surface area is 141 Å². The molecule has 1 aromatic carbocycles. The van der Waals surface area contributed by atoms with Gasteiger partial charge in [-0.3, -0.25) is 14.6 Å². The van der Waals surface area contributed by atoms with E-state index in [9.17, 15) is 9.59 Å². The van der Waals surface area contributed by atoms with Crippen molar-refractivity contribution in [1.82, 2.24) is 10.3 Å². The van der Waals surface area contributed by atoms with Crippen LogP contribution < -0.4 is 15.4 Å². The van der Waals surface area contributed by atoms with Gasteiger partial charge in [-0.1, -0.05) is 13.8 Å². The number of hydrogen-bond acceptors (Lipinski definition) is 4. The predicted octanol–water partition coefficient (Wildman–Crippen LogP) is 2.37. The molecule has 2 N–H and O–H groups in total. The first-order chi connectivity index (χ1) is 11.5. The van der Waals surface area contributed by atoms with E-state index in [2.05, 4.69) is 29.5 Å². The molecule has 0 saturated heterocycles. The second-order valence-electron chi connectivity index (χ2n) is 5.72. The number of nitrogens with zero attached hydrogens (tertiary/aromatic N) is 1. The summed E-state index contributed by atoms with van der Waals surface area (Å²) in [5.74, 6) is -0.232. The summed E-state index contributed by atoms with van der Waals surface area (Å²) in [6.07, 6.45) is 3.26. The molecule has 24 heavy (non-hydrogen) atoms. The van der Waals surface area contributed by atoms with E-state index >= 15 is 0 Å². The van der Waals surface area contributed by atoms with Crippen LogP contribution in [0.2, 0.25) is 0 Å². The zero-order chi connectivity index (χ0) is 17.4. The average molecular weight is 327 g/mol. The summed E-state index contributed by atoms with van der Waals surface area (Å²) >= 11 is 0. The Kier molecular flexibility index (Phi) is 6.31. The highest BCUT2D eigenvalue weighted by Gasteiger charge is 2.13. The maximum absolute atomic E-state index is 11.9. The van der Waals surface area contributed by atoms with E-state index in [4.69, 9.17) is 4.74 Å². The van der Waals surface area contributed by atoms with Gasteiger partial charge in [0.25, 0.3) is 0 Å². The van der Waals surface area contributed by atoms with Crippen molar-refractivity contribution in [3.05, 3.63) is 54.4 Å². The van der Waals surface area contributed by atoms with Crippen LogP contribution in [-0.2, 0) is 16.1 Å². The molecule has 0 bridgehead atoms. The van der Waals surface area contributed by atoms with Crippen LogP contribution in [0.1, 0.15) is 19.4 Å². The molecule has 0 saturated carbocycles. The highest BCUT2D eigenvalue weighted by Crippen LogP contribution is 2.16. The maximum Gasteiger partial charge on any atom is 0.313 e. The number of benzene rings is 1. The fourth-order valence-corrected chi connectivity index (χ4v) is 1.85. The van der Waals surface area contributed by atoms with E-state index in [1.807, 2.05) is 0 Å². The van der Waals surface area contributed by atoms with Crippen molar-refractivity contribution < 1.29 is 14.3 Å². The van der Waals surface area contributed by atoms with Gasteiger partial charge in [-0.2, -0.15) is 0 Å². The van der Waals surface area contributed by atoms with E-state index in [0.29, 0.717) is 18.2 Å². The third-order valence-electron chi connectivity index (χ3n) is 3.10. The van der Waals surface area contributed by atoms with Crippen LogP contribution in [0, 0.1) is 5.92 Å². The van der Waals surface area contributed by atoms with Crippen LogP contribution in [-0.4, -0.2) is 23.4 Å². The van der Waals surface area contributed by atoms with E-state index in [1.165, 1.54) is 0 Å². The van der Waals surface area contributed by atoms with Gasteiger partial charge < -0.3 is 15.4 Å². The number of anilines is 1. The molecule has 1 aromatic heterocycles.